The van der Waals surface area contributed by atoms with Crippen molar-refractivity contribution in [2.75, 3.05) is 31.1 Å². The number of nitro groups is 1. The number of fused-ring (bicyclic) bond motifs is 1. The average molecular weight is 359 g/mol. The fourth-order valence-corrected chi connectivity index (χ4v) is 3.31. The van der Waals surface area contributed by atoms with E-state index in [1.807, 2.05) is 12.1 Å². The van der Waals surface area contributed by atoms with E-state index in [9.17, 15) is 14.9 Å². The molecular weight excluding hydrogens is 338 g/mol. The lowest BCUT2D eigenvalue weighted by molar-refractivity contribution is -0.384. The number of non-ortho nitro benzene ring substituents is 1. The first kappa shape index (κ1) is 17.9. The van der Waals surface area contributed by atoms with Crippen LogP contribution < -0.4 is 10.6 Å². The number of piperazine rings is 1. The number of carbonyl (C=O) groups is 1. The van der Waals surface area contributed by atoms with E-state index in [2.05, 4.69) is 9.88 Å². The SMILES string of the molecule is NC(=O)N1CCN(c2ccc3cc([N+](=O)[O-])ccc3n2)C(CCCO)C1. The van der Waals surface area contributed by atoms with Crippen LogP contribution in [0.15, 0.2) is 30.3 Å². The third-order valence-corrected chi connectivity index (χ3v) is 4.65. The van der Waals surface area contributed by atoms with Crippen LogP contribution in [0.1, 0.15) is 12.8 Å². The maximum absolute atomic E-state index is 11.5. The first-order chi connectivity index (χ1) is 12.5. The van der Waals surface area contributed by atoms with Gasteiger partial charge in [0.1, 0.15) is 5.82 Å². The third kappa shape index (κ3) is 3.67. The van der Waals surface area contributed by atoms with Crippen molar-refractivity contribution in [3.8, 4) is 0 Å². The molecule has 3 N–H and O–H groups in total. The van der Waals surface area contributed by atoms with E-state index in [-0.39, 0.29) is 18.3 Å². The van der Waals surface area contributed by atoms with E-state index in [0.717, 1.165) is 5.82 Å². The van der Waals surface area contributed by atoms with Crippen molar-refractivity contribution in [2.45, 2.75) is 18.9 Å². The summed E-state index contributed by atoms with van der Waals surface area (Å²) in [5, 5.41) is 20.7. The van der Waals surface area contributed by atoms with Crippen LogP contribution in [0.3, 0.4) is 0 Å². The number of rotatable bonds is 5. The third-order valence-electron chi connectivity index (χ3n) is 4.65. The summed E-state index contributed by atoms with van der Waals surface area (Å²) in [6.07, 6.45) is 1.33. The number of pyridine rings is 1. The van der Waals surface area contributed by atoms with Crippen molar-refractivity contribution < 1.29 is 14.8 Å². The van der Waals surface area contributed by atoms with Crippen molar-refractivity contribution in [1.82, 2.24) is 9.88 Å². The molecule has 1 aromatic carbocycles. The maximum atomic E-state index is 11.5. The Morgan fingerprint density at radius 1 is 1.35 bits per heavy atom. The number of urea groups is 1. The second-order valence-electron chi connectivity index (χ2n) is 6.30. The van der Waals surface area contributed by atoms with Gasteiger partial charge in [0.2, 0.25) is 0 Å². The second-order valence-corrected chi connectivity index (χ2v) is 6.30. The second kappa shape index (κ2) is 7.52. The molecule has 9 nitrogen and oxygen atoms in total. The number of amides is 2. The molecule has 2 aromatic rings. The van der Waals surface area contributed by atoms with Gasteiger partial charge in [0.25, 0.3) is 5.69 Å². The fourth-order valence-electron chi connectivity index (χ4n) is 3.31. The Bertz CT molecular complexity index is 828. The van der Waals surface area contributed by atoms with Crippen LogP contribution in [0.25, 0.3) is 10.9 Å². The number of nitrogens with zero attached hydrogens (tertiary/aromatic N) is 4. The molecule has 0 saturated carbocycles. The van der Waals surface area contributed by atoms with Crippen LogP contribution in [0.5, 0.6) is 0 Å². The first-order valence-corrected chi connectivity index (χ1v) is 8.46. The molecule has 26 heavy (non-hydrogen) atoms. The van der Waals surface area contributed by atoms with Crippen molar-refractivity contribution in [3.05, 3.63) is 40.4 Å². The van der Waals surface area contributed by atoms with Crippen LogP contribution in [0.4, 0.5) is 16.3 Å². The Morgan fingerprint density at radius 3 is 2.85 bits per heavy atom. The van der Waals surface area contributed by atoms with Crippen LogP contribution in [0.2, 0.25) is 0 Å². The molecule has 1 aromatic heterocycles. The van der Waals surface area contributed by atoms with E-state index < -0.39 is 11.0 Å². The number of hydrogen-bond donors (Lipinski definition) is 2. The molecule has 1 saturated heterocycles. The number of nitro benzene ring substituents is 1. The Hall–Kier alpha value is -2.94. The molecule has 9 heteroatoms. The summed E-state index contributed by atoms with van der Waals surface area (Å²) in [6, 6.07) is 7.78. The number of aliphatic hydroxyl groups is 1. The Labute approximate surface area is 150 Å². The van der Waals surface area contributed by atoms with Gasteiger partial charge in [-0.3, -0.25) is 10.1 Å². The maximum Gasteiger partial charge on any atom is 0.314 e. The highest BCUT2D eigenvalue weighted by atomic mass is 16.6. The molecule has 2 heterocycles. The summed E-state index contributed by atoms with van der Waals surface area (Å²) in [7, 11) is 0. The van der Waals surface area contributed by atoms with E-state index in [0.29, 0.717) is 43.4 Å². The molecule has 2 amide bonds. The monoisotopic (exact) mass is 359 g/mol. The summed E-state index contributed by atoms with van der Waals surface area (Å²) in [5.41, 5.74) is 6.11. The summed E-state index contributed by atoms with van der Waals surface area (Å²) in [6.45, 7) is 1.65. The Morgan fingerprint density at radius 2 is 2.15 bits per heavy atom. The molecule has 1 aliphatic heterocycles. The number of benzene rings is 1. The quantitative estimate of drug-likeness (QED) is 0.615. The lowest BCUT2D eigenvalue weighted by Crippen LogP contribution is -2.56. The van der Waals surface area contributed by atoms with Crippen molar-refractivity contribution in [1.29, 1.82) is 0 Å². The summed E-state index contributed by atoms with van der Waals surface area (Å²) < 4.78 is 0. The highest BCUT2D eigenvalue weighted by Gasteiger charge is 2.29. The number of carbonyl (C=O) groups excluding carboxylic acids is 1. The van der Waals surface area contributed by atoms with Crippen molar-refractivity contribution >= 4 is 28.4 Å². The molecular formula is C17H21N5O4. The van der Waals surface area contributed by atoms with Crippen LogP contribution in [-0.2, 0) is 0 Å². The first-order valence-electron chi connectivity index (χ1n) is 8.46. The van der Waals surface area contributed by atoms with Gasteiger partial charge in [-0.1, -0.05) is 0 Å². The largest absolute Gasteiger partial charge is 0.396 e. The molecule has 1 unspecified atom stereocenters. The predicted molar refractivity (Wildman–Crippen MR) is 97.0 cm³/mol. The van der Waals surface area contributed by atoms with Gasteiger partial charge in [0, 0.05) is 49.8 Å². The fraction of sp³-hybridized carbons (Fsp3) is 0.412. The normalized spacial score (nSPS) is 17.5. The standard InChI is InChI=1S/C17H21N5O4/c18-17(24)20-7-8-21(14(11-20)2-1-9-23)16-6-3-12-10-13(22(25)26)4-5-15(12)19-16/h3-6,10,14,23H,1-2,7-9,11H2,(H2,18,24). The molecule has 1 fully saturated rings. The predicted octanol–water partition coefficient (Wildman–Crippen LogP) is 1.48. The van der Waals surface area contributed by atoms with Gasteiger partial charge in [0.05, 0.1) is 10.4 Å². The highest BCUT2D eigenvalue weighted by Crippen LogP contribution is 2.26. The van der Waals surface area contributed by atoms with Gasteiger partial charge in [0.15, 0.2) is 0 Å². The van der Waals surface area contributed by atoms with Gasteiger partial charge < -0.3 is 20.6 Å². The highest BCUT2D eigenvalue weighted by molar-refractivity contribution is 5.82. The summed E-state index contributed by atoms with van der Waals surface area (Å²) >= 11 is 0. The molecule has 0 bridgehead atoms. The van der Waals surface area contributed by atoms with Crippen molar-refractivity contribution in [3.63, 3.8) is 0 Å². The van der Waals surface area contributed by atoms with Gasteiger partial charge >= 0.3 is 6.03 Å². The van der Waals surface area contributed by atoms with E-state index in [4.69, 9.17) is 10.8 Å². The lowest BCUT2D eigenvalue weighted by Gasteiger charge is -2.41. The number of anilines is 1. The zero-order valence-corrected chi connectivity index (χ0v) is 14.2. The van der Waals surface area contributed by atoms with Gasteiger partial charge in [-0.15, -0.1) is 0 Å². The Balaban J connectivity index is 1.88. The summed E-state index contributed by atoms with van der Waals surface area (Å²) in [5.74, 6) is 0.749. The smallest absolute Gasteiger partial charge is 0.314 e. The molecule has 0 radical (unpaired) electrons. The molecule has 138 valence electrons. The zero-order chi connectivity index (χ0) is 18.7. The molecule has 0 aliphatic carbocycles. The van der Waals surface area contributed by atoms with Gasteiger partial charge in [-0.25, -0.2) is 9.78 Å². The molecule has 0 spiro atoms. The van der Waals surface area contributed by atoms with Crippen molar-refractivity contribution in [2.24, 2.45) is 5.73 Å². The number of primary amides is 1. The molecule has 1 aliphatic rings. The number of hydrogen-bond acceptors (Lipinski definition) is 6. The van der Waals surface area contributed by atoms with Crippen LogP contribution >= 0.6 is 0 Å². The van der Waals surface area contributed by atoms with E-state index in [1.165, 1.54) is 12.1 Å². The van der Waals surface area contributed by atoms with Gasteiger partial charge in [-0.2, -0.15) is 0 Å². The van der Waals surface area contributed by atoms with E-state index >= 15 is 0 Å². The minimum absolute atomic E-state index is 0.00592. The topological polar surface area (TPSA) is 126 Å². The Kier molecular flexibility index (Phi) is 5.17. The zero-order valence-electron chi connectivity index (χ0n) is 14.2. The minimum atomic E-state index is -0.447. The minimum Gasteiger partial charge on any atom is -0.396 e. The molecule has 3 rings (SSSR count). The van der Waals surface area contributed by atoms with E-state index in [1.54, 1.807) is 11.0 Å². The average Bonchev–Trinajstić information content (AvgIpc) is 2.65. The van der Waals surface area contributed by atoms with Crippen LogP contribution in [0, 0.1) is 10.1 Å². The van der Waals surface area contributed by atoms with Gasteiger partial charge in [-0.05, 0) is 31.0 Å². The molecule has 1 atom stereocenters. The summed E-state index contributed by atoms with van der Waals surface area (Å²) in [4.78, 5) is 30.3. The lowest BCUT2D eigenvalue weighted by atomic mass is 10.1. The number of aromatic nitrogens is 1. The van der Waals surface area contributed by atoms with Crippen LogP contribution in [-0.4, -0.2) is 58.2 Å². The number of nitrogens with two attached hydrogens (primary N) is 1. The number of aliphatic hydroxyl groups excluding tert-OH is 1.